The molecule has 1 N–H and O–H groups in total. The SMILES string of the molecule is C[I-]C1=NCCN1. The molecule has 1 aliphatic heterocycles. The summed E-state index contributed by atoms with van der Waals surface area (Å²) in [5.74, 6) is 0. The van der Waals surface area contributed by atoms with E-state index in [9.17, 15) is 0 Å². The van der Waals surface area contributed by atoms with Crippen LogP contribution in [-0.2, 0) is 0 Å². The molecule has 3 heteroatoms. The van der Waals surface area contributed by atoms with Crippen LogP contribution in [0, 0.1) is 0 Å². The molecule has 1 rings (SSSR count). The summed E-state index contributed by atoms with van der Waals surface area (Å²) in [6.07, 6.45) is 0. The Morgan fingerprint density at radius 3 is 3.00 bits per heavy atom. The van der Waals surface area contributed by atoms with Crippen molar-refractivity contribution in [3.8, 4) is 0 Å². The summed E-state index contributed by atoms with van der Waals surface area (Å²) in [6.45, 7) is 2.08. The van der Waals surface area contributed by atoms with Crippen molar-refractivity contribution in [2.45, 2.75) is 0 Å². The van der Waals surface area contributed by atoms with Gasteiger partial charge in [-0.3, -0.25) is 0 Å². The number of rotatable bonds is 1. The van der Waals surface area contributed by atoms with Crippen LogP contribution < -0.4 is 26.5 Å². The zero-order valence-electron chi connectivity index (χ0n) is 4.24. The van der Waals surface area contributed by atoms with Crippen LogP contribution in [0.5, 0.6) is 0 Å². The van der Waals surface area contributed by atoms with Crippen molar-refractivity contribution < 1.29 is 21.2 Å². The van der Waals surface area contributed by atoms with Gasteiger partial charge >= 0.3 is 53.4 Å². The summed E-state index contributed by atoms with van der Waals surface area (Å²) in [5.41, 5.74) is 0. The molecule has 0 unspecified atom stereocenters. The van der Waals surface area contributed by atoms with Gasteiger partial charge in [-0.25, -0.2) is 0 Å². The van der Waals surface area contributed by atoms with Gasteiger partial charge in [-0.1, -0.05) is 0 Å². The van der Waals surface area contributed by atoms with Crippen LogP contribution in [0.25, 0.3) is 0 Å². The number of nitrogens with one attached hydrogen (secondary N) is 1. The summed E-state index contributed by atoms with van der Waals surface area (Å²) < 4.78 is 1.28. The molecule has 0 aliphatic carbocycles. The normalized spacial score (nSPS) is 19.3. The Kier molecular flexibility index (Phi) is 1.90. The number of amidine groups is 1. The molecule has 1 heterocycles. The molecule has 0 aromatic rings. The van der Waals surface area contributed by atoms with E-state index in [0.717, 1.165) is 13.1 Å². The van der Waals surface area contributed by atoms with E-state index in [4.69, 9.17) is 0 Å². The van der Waals surface area contributed by atoms with E-state index in [1.165, 1.54) is 3.84 Å². The third-order valence-electron chi connectivity index (χ3n) is 0.812. The second-order valence-electron chi connectivity index (χ2n) is 1.29. The quantitative estimate of drug-likeness (QED) is 0.274. The van der Waals surface area contributed by atoms with Gasteiger partial charge in [0.1, 0.15) is 0 Å². The molecule has 0 radical (unpaired) electrons. The first-order valence-corrected chi connectivity index (χ1v) is 5.45. The van der Waals surface area contributed by atoms with Crippen LogP contribution in [0.3, 0.4) is 0 Å². The van der Waals surface area contributed by atoms with Crippen LogP contribution in [0.4, 0.5) is 0 Å². The van der Waals surface area contributed by atoms with Crippen molar-refractivity contribution in [2.75, 3.05) is 18.0 Å². The number of halogens is 1. The molecule has 2 nitrogen and oxygen atoms in total. The summed E-state index contributed by atoms with van der Waals surface area (Å²) in [4.78, 5) is 6.43. The predicted molar refractivity (Wildman–Crippen MR) is 26.2 cm³/mol. The van der Waals surface area contributed by atoms with Gasteiger partial charge in [-0.15, -0.1) is 0 Å². The third kappa shape index (κ3) is 1.29. The van der Waals surface area contributed by atoms with Gasteiger partial charge in [0.15, 0.2) is 0 Å². The van der Waals surface area contributed by atoms with Gasteiger partial charge in [0.2, 0.25) is 0 Å². The Bertz CT molecular complexity index is 89.7. The Balaban J connectivity index is 2.36. The second-order valence-corrected chi connectivity index (χ2v) is 3.39. The van der Waals surface area contributed by atoms with Crippen molar-refractivity contribution in [1.29, 1.82) is 0 Å². The maximum absolute atomic E-state index is 4.21. The van der Waals surface area contributed by atoms with Crippen molar-refractivity contribution in [1.82, 2.24) is 5.32 Å². The van der Waals surface area contributed by atoms with Crippen LogP contribution in [0.15, 0.2) is 4.99 Å². The fourth-order valence-corrected chi connectivity index (χ4v) is 1.73. The number of alkyl halides is 1. The molecule has 0 fully saturated rings. The average Bonchev–Trinajstić information content (AvgIpc) is 2.14. The molecular weight excluding hydrogens is 203 g/mol. The van der Waals surface area contributed by atoms with Crippen LogP contribution >= 0.6 is 0 Å². The van der Waals surface area contributed by atoms with Crippen LogP contribution in [-0.4, -0.2) is 21.9 Å². The molecule has 0 aromatic carbocycles. The van der Waals surface area contributed by atoms with E-state index < -0.39 is 0 Å². The first-order chi connectivity index (χ1) is 3.43. The summed E-state index contributed by atoms with van der Waals surface area (Å²) >= 11 is 0.243. The summed E-state index contributed by atoms with van der Waals surface area (Å²) in [7, 11) is 0. The Hall–Kier alpha value is 0.200. The molecular formula is C4H8IN2-. The van der Waals surface area contributed by atoms with Gasteiger partial charge in [-0.05, 0) is 0 Å². The average molecular weight is 211 g/mol. The fraction of sp³-hybridized carbons (Fsp3) is 0.750. The molecule has 1 aliphatic rings. The van der Waals surface area contributed by atoms with Gasteiger partial charge < -0.3 is 0 Å². The van der Waals surface area contributed by atoms with E-state index in [0.29, 0.717) is 0 Å². The number of aliphatic imine (C=N–C) groups is 1. The molecule has 42 valence electrons. The van der Waals surface area contributed by atoms with Crippen LogP contribution in [0.1, 0.15) is 0 Å². The molecule has 0 saturated carbocycles. The van der Waals surface area contributed by atoms with Crippen LogP contribution in [0.2, 0.25) is 0 Å². The molecule has 0 aromatic heterocycles. The predicted octanol–water partition coefficient (Wildman–Crippen LogP) is -3.34. The van der Waals surface area contributed by atoms with Crippen molar-refractivity contribution in [2.24, 2.45) is 4.99 Å². The minimum atomic E-state index is 0.243. The zero-order chi connectivity index (χ0) is 5.11. The standard InChI is InChI=1S/C4H8IN2/c1-5-4-6-2-3-7-4/h2-3H2,1H3,(H,6,7)/q-1. The second kappa shape index (κ2) is 2.49. The molecule has 0 saturated heterocycles. The van der Waals surface area contributed by atoms with Gasteiger partial charge in [0, 0.05) is 0 Å². The van der Waals surface area contributed by atoms with Gasteiger partial charge in [0.25, 0.3) is 0 Å². The minimum absolute atomic E-state index is 0.243. The topological polar surface area (TPSA) is 24.4 Å². The summed E-state index contributed by atoms with van der Waals surface area (Å²) in [6, 6.07) is 0. The molecule has 7 heavy (non-hydrogen) atoms. The Morgan fingerprint density at radius 1 is 1.86 bits per heavy atom. The Labute approximate surface area is 53.7 Å². The third-order valence-corrected chi connectivity index (χ3v) is 2.56. The van der Waals surface area contributed by atoms with Crippen molar-refractivity contribution in [3.63, 3.8) is 0 Å². The first-order valence-electron chi connectivity index (χ1n) is 2.21. The maximum atomic E-state index is 4.21. The van der Waals surface area contributed by atoms with E-state index in [-0.39, 0.29) is 21.2 Å². The van der Waals surface area contributed by atoms with Crippen molar-refractivity contribution in [3.05, 3.63) is 0 Å². The zero-order valence-corrected chi connectivity index (χ0v) is 6.40. The van der Waals surface area contributed by atoms with Crippen molar-refractivity contribution >= 4 is 3.84 Å². The van der Waals surface area contributed by atoms with E-state index in [1.54, 1.807) is 0 Å². The first kappa shape index (κ1) is 5.34. The Morgan fingerprint density at radius 2 is 2.71 bits per heavy atom. The van der Waals surface area contributed by atoms with E-state index in [2.05, 4.69) is 15.2 Å². The molecule has 0 spiro atoms. The van der Waals surface area contributed by atoms with Gasteiger partial charge in [-0.2, -0.15) is 0 Å². The van der Waals surface area contributed by atoms with E-state index in [1.807, 2.05) is 0 Å². The number of hydrogen-bond donors (Lipinski definition) is 1. The number of hydrogen-bond acceptors (Lipinski definition) is 2. The fourth-order valence-electron chi connectivity index (χ4n) is 0.496. The molecule has 0 bridgehead atoms. The number of nitrogens with zero attached hydrogens (tertiary/aromatic N) is 1. The summed E-state index contributed by atoms with van der Waals surface area (Å²) in [5, 5.41) is 3.21. The van der Waals surface area contributed by atoms with E-state index >= 15 is 0 Å². The van der Waals surface area contributed by atoms with Gasteiger partial charge in [0.05, 0.1) is 0 Å². The monoisotopic (exact) mass is 211 g/mol. The molecule has 0 amide bonds. The molecule has 0 atom stereocenters.